The topological polar surface area (TPSA) is 68.3 Å². The number of nitrogens with two attached hydrogens (primary N) is 1. The standard InChI is InChI=1S/C14H15ClN2O2/c1-9(7-11-3-2-6-19-11)17-14(18)12-5-4-10(16)8-13(12)15/h2-6,8-9H,7,16H2,1H3,(H,17,18). The first-order valence-electron chi connectivity index (χ1n) is 5.94. The first-order chi connectivity index (χ1) is 9.06. The Bertz CT molecular complexity index is 567. The van der Waals surface area contributed by atoms with Crippen molar-refractivity contribution in [2.45, 2.75) is 19.4 Å². The van der Waals surface area contributed by atoms with Gasteiger partial charge in [-0.2, -0.15) is 0 Å². The number of amides is 1. The molecule has 0 bridgehead atoms. The van der Waals surface area contributed by atoms with Crippen LogP contribution in [-0.4, -0.2) is 11.9 Å². The van der Waals surface area contributed by atoms with Gasteiger partial charge >= 0.3 is 0 Å². The number of benzene rings is 1. The summed E-state index contributed by atoms with van der Waals surface area (Å²) in [6.45, 7) is 1.91. The lowest BCUT2D eigenvalue weighted by molar-refractivity contribution is 0.0939. The highest BCUT2D eigenvalue weighted by atomic mass is 35.5. The number of hydrogen-bond donors (Lipinski definition) is 2. The Morgan fingerprint density at radius 3 is 2.89 bits per heavy atom. The van der Waals surface area contributed by atoms with Gasteiger partial charge in [-0.1, -0.05) is 11.6 Å². The van der Waals surface area contributed by atoms with Crippen molar-refractivity contribution in [3.05, 3.63) is 52.9 Å². The molecule has 0 saturated carbocycles. The Labute approximate surface area is 116 Å². The molecule has 3 N–H and O–H groups in total. The van der Waals surface area contributed by atoms with E-state index in [1.165, 1.54) is 0 Å². The lowest BCUT2D eigenvalue weighted by Crippen LogP contribution is -2.34. The molecular formula is C14H15ClN2O2. The summed E-state index contributed by atoms with van der Waals surface area (Å²) in [5.41, 5.74) is 6.54. The summed E-state index contributed by atoms with van der Waals surface area (Å²) in [5, 5.41) is 3.22. The van der Waals surface area contributed by atoms with E-state index in [0.29, 0.717) is 22.7 Å². The van der Waals surface area contributed by atoms with Crippen LogP contribution in [0.5, 0.6) is 0 Å². The van der Waals surface area contributed by atoms with Crippen molar-refractivity contribution in [1.29, 1.82) is 0 Å². The van der Waals surface area contributed by atoms with Crippen LogP contribution in [0.4, 0.5) is 5.69 Å². The van der Waals surface area contributed by atoms with E-state index in [1.807, 2.05) is 19.1 Å². The van der Waals surface area contributed by atoms with Crippen molar-refractivity contribution in [2.75, 3.05) is 5.73 Å². The number of rotatable bonds is 4. The van der Waals surface area contributed by atoms with E-state index in [1.54, 1.807) is 24.5 Å². The van der Waals surface area contributed by atoms with Gasteiger partial charge < -0.3 is 15.5 Å². The number of anilines is 1. The number of furan rings is 1. The van der Waals surface area contributed by atoms with Gasteiger partial charge in [0, 0.05) is 18.2 Å². The van der Waals surface area contributed by atoms with Crippen LogP contribution in [0.25, 0.3) is 0 Å². The predicted molar refractivity (Wildman–Crippen MR) is 75.2 cm³/mol. The summed E-state index contributed by atoms with van der Waals surface area (Å²) in [7, 11) is 0. The third kappa shape index (κ3) is 3.51. The minimum atomic E-state index is -0.218. The van der Waals surface area contributed by atoms with Gasteiger partial charge in [0.15, 0.2) is 0 Å². The SMILES string of the molecule is CC(Cc1ccco1)NC(=O)c1ccc(N)cc1Cl. The summed E-state index contributed by atoms with van der Waals surface area (Å²) < 4.78 is 5.24. The molecule has 19 heavy (non-hydrogen) atoms. The van der Waals surface area contributed by atoms with Gasteiger partial charge in [-0.05, 0) is 37.3 Å². The molecule has 1 aromatic carbocycles. The molecule has 1 unspecified atom stereocenters. The molecule has 0 spiro atoms. The fourth-order valence-corrected chi connectivity index (χ4v) is 2.07. The van der Waals surface area contributed by atoms with Crippen molar-refractivity contribution in [1.82, 2.24) is 5.32 Å². The third-order valence-electron chi connectivity index (χ3n) is 2.70. The molecule has 4 nitrogen and oxygen atoms in total. The monoisotopic (exact) mass is 278 g/mol. The number of halogens is 1. The second-order valence-corrected chi connectivity index (χ2v) is 4.80. The molecule has 2 aromatic rings. The lowest BCUT2D eigenvalue weighted by Gasteiger charge is -2.13. The Hall–Kier alpha value is -1.94. The molecule has 5 heteroatoms. The maximum absolute atomic E-state index is 12.0. The second kappa shape index (κ2) is 5.80. The summed E-state index contributed by atoms with van der Waals surface area (Å²) >= 11 is 5.99. The zero-order chi connectivity index (χ0) is 13.8. The molecule has 0 fully saturated rings. The summed E-state index contributed by atoms with van der Waals surface area (Å²) in [5.74, 6) is 0.611. The van der Waals surface area contributed by atoms with E-state index in [-0.39, 0.29) is 11.9 Å². The smallest absolute Gasteiger partial charge is 0.253 e. The average molecular weight is 279 g/mol. The van der Waals surface area contributed by atoms with Crippen molar-refractivity contribution in [3.63, 3.8) is 0 Å². The van der Waals surface area contributed by atoms with Crippen molar-refractivity contribution < 1.29 is 9.21 Å². The zero-order valence-corrected chi connectivity index (χ0v) is 11.3. The van der Waals surface area contributed by atoms with Crippen LogP contribution in [0.1, 0.15) is 23.0 Å². The highest BCUT2D eigenvalue weighted by Crippen LogP contribution is 2.19. The first kappa shape index (κ1) is 13.5. The van der Waals surface area contributed by atoms with Crippen LogP contribution in [0.2, 0.25) is 5.02 Å². The highest BCUT2D eigenvalue weighted by molar-refractivity contribution is 6.34. The molecule has 1 atom stereocenters. The molecule has 0 radical (unpaired) electrons. The van der Waals surface area contributed by atoms with Gasteiger partial charge in [-0.3, -0.25) is 4.79 Å². The number of nitrogens with one attached hydrogen (secondary N) is 1. The van der Waals surface area contributed by atoms with Crippen LogP contribution in [0, 0.1) is 0 Å². The van der Waals surface area contributed by atoms with Crippen LogP contribution in [0.3, 0.4) is 0 Å². The van der Waals surface area contributed by atoms with Crippen molar-refractivity contribution in [3.8, 4) is 0 Å². The molecule has 0 aliphatic heterocycles. The van der Waals surface area contributed by atoms with Crippen LogP contribution in [0.15, 0.2) is 41.0 Å². The van der Waals surface area contributed by atoms with Gasteiger partial charge in [-0.15, -0.1) is 0 Å². The molecule has 100 valence electrons. The molecule has 0 aliphatic carbocycles. The van der Waals surface area contributed by atoms with Gasteiger partial charge in [0.05, 0.1) is 16.8 Å². The number of carbonyl (C=O) groups is 1. The summed E-state index contributed by atoms with van der Waals surface area (Å²) in [6, 6.07) is 8.48. The minimum absolute atomic E-state index is 0.0488. The maximum atomic E-state index is 12.0. The van der Waals surface area contributed by atoms with E-state index in [2.05, 4.69) is 5.32 Å². The quantitative estimate of drug-likeness (QED) is 0.845. The number of hydrogen-bond acceptors (Lipinski definition) is 3. The van der Waals surface area contributed by atoms with Gasteiger partial charge in [0.25, 0.3) is 5.91 Å². The Balaban J connectivity index is 2.00. The fraction of sp³-hybridized carbons (Fsp3) is 0.214. The third-order valence-corrected chi connectivity index (χ3v) is 3.02. The van der Waals surface area contributed by atoms with Crippen LogP contribution < -0.4 is 11.1 Å². The largest absolute Gasteiger partial charge is 0.469 e. The van der Waals surface area contributed by atoms with E-state index in [0.717, 1.165) is 5.76 Å². The van der Waals surface area contributed by atoms with E-state index >= 15 is 0 Å². The van der Waals surface area contributed by atoms with E-state index in [9.17, 15) is 4.79 Å². The highest BCUT2D eigenvalue weighted by Gasteiger charge is 2.14. The Morgan fingerprint density at radius 2 is 2.26 bits per heavy atom. The molecule has 2 rings (SSSR count). The molecule has 1 amide bonds. The van der Waals surface area contributed by atoms with Gasteiger partial charge in [0.2, 0.25) is 0 Å². The Kier molecular flexibility index (Phi) is 4.12. The predicted octanol–water partition coefficient (Wildman–Crippen LogP) is 2.88. The number of nitrogen functional groups attached to an aromatic ring is 1. The first-order valence-corrected chi connectivity index (χ1v) is 6.32. The van der Waals surface area contributed by atoms with E-state index < -0.39 is 0 Å². The fourth-order valence-electron chi connectivity index (χ4n) is 1.80. The molecule has 1 heterocycles. The van der Waals surface area contributed by atoms with Crippen LogP contribution >= 0.6 is 11.6 Å². The van der Waals surface area contributed by atoms with Gasteiger partial charge in [-0.25, -0.2) is 0 Å². The van der Waals surface area contributed by atoms with Crippen molar-refractivity contribution in [2.24, 2.45) is 0 Å². The molecule has 0 saturated heterocycles. The van der Waals surface area contributed by atoms with Gasteiger partial charge in [0.1, 0.15) is 5.76 Å². The molecular weight excluding hydrogens is 264 g/mol. The average Bonchev–Trinajstić information content (AvgIpc) is 2.81. The Morgan fingerprint density at radius 1 is 1.47 bits per heavy atom. The normalized spacial score (nSPS) is 12.1. The van der Waals surface area contributed by atoms with E-state index in [4.69, 9.17) is 21.8 Å². The summed E-state index contributed by atoms with van der Waals surface area (Å²) in [4.78, 5) is 12.0. The van der Waals surface area contributed by atoms with Crippen LogP contribution in [-0.2, 0) is 6.42 Å². The van der Waals surface area contributed by atoms with Crippen molar-refractivity contribution >= 4 is 23.2 Å². The molecule has 1 aromatic heterocycles. The number of carbonyl (C=O) groups excluding carboxylic acids is 1. The zero-order valence-electron chi connectivity index (χ0n) is 10.5. The summed E-state index contributed by atoms with van der Waals surface area (Å²) in [6.07, 6.45) is 2.24. The second-order valence-electron chi connectivity index (χ2n) is 4.40. The lowest BCUT2D eigenvalue weighted by atomic mass is 10.1. The molecule has 0 aliphatic rings. The minimum Gasteiger partial charge on any atom is -0.469 e. The maximum Gasteiger partial charge on any atom is 0.253 e.